The molecule has 5 N–H and O–H groups in total. The van der Waals surface area contributed by atoms with Crippen molar-refractivity contribution in [3.05, 3.63) is 53.9 Å². The van der Waals surface area contributed by atoms with E-state index in [1.807, 2.05) is 30.5 Å². The van der Waals surface area contributed by atoms with Gasteiger partial charge in [0.15, 0.2) is 5.69 Å². The monoisotopic (exact) mass is 367 g/mol. The summed E-state index contributed by atoms with van der Waals surface area (Å²) < 4.78 is 5.42. The molecule has 2 atom stereocenters. The molecule has 0 saturated carbocycles. The number of carbonyl (C=O) groups excluding carboxylic acids is 2. The molecule has 1 aliphatic heterocycles. The zero-order valence-corrected chi connectivity index (χ0v) is 14.7. The number of carbonyl (C=O) groups is 2. The lowest BCUT2D eigenvalue weighted by atomic mass is 10.0. The second-order valence-corrected chi connectivity index (χ2v) is 6.71. The van der Waals surface area contributed by atoms with E-state index in [2.05, 4.69) is 20.6 Å². The highest BCUT2D eigenvalue weighted by Crippen LogP contribution is 2.22. The van der Waals surface area contributed by atoms with Gasteiger partial charge in [-0.3, -0.25) is 9.59 Å². The summed E-state index contributed by atoms with van der Waals surface area (Å²) in [4.78, 5) is 31.8. The number of nitrogens with two attached hydrogens (primary N) is 1. The molecule has 1 fully saturated rings. The molecule has 3 heterocycles. The second kappa shape index (κ2) is 7.24. The number of para-hydroxylation sites is 1. The van der Waals surface area contributed by atoms with Crippen molar-refractivity contribution in [3.8, 4) is 0 Å². The third kappa shape index (κ3) is 3.56. The molecule has 27 heavy (non-hydrogen) atoms. The Labute approximate surface area is 155 Å². The number of primary amides is 1. The highest BCUT2D eigenvalue weighted by molar-refractivity contribution is 5.96. The van der Waals surface area contributed by atoms with Gasteiger partial charge in [0.2, 0.25) is 11.8 Å². The Morgan fingerprint density at radius 1 is 1.37 bits per heavy atom. The van der Waals surface area contributed by atoms with Gasteiger partial charge < -0.3 is 25.8 Å². The van der Waals surface area contributed by atoms with E-state index in [0.717, 1.165) is 35.9 Å². The molecular weight excluding hydrogens is 346 g/mol. The van der Waals surface area contributed by atoms with Gasteiger partial charge in [-0.1, -0.05) is 18.2 Å². The molecule has 0 radical (unpaired) electrons. The van der Waals surface area contributed by atoms with Crippen molar-refractivity contribution >= 4 is 22.7 Å². The van der Waals surface area contributed by atoms with Crippen LogP contribution >= 0.6 is 0 Å². The number of amides is 2. The zero-order chi connectivity index (χ0) is 18.8. The number of hydrogen-bond acceptors (Lipinski definition) is 5. The normalized spacial score (nSPS) is 17.9. The van der Waals surface area contributed by atoms with E-state index in [1.54, 1.807) is 0 Å². The third-order valence-corrected chi connectivity index (χ3v) is 4.86. The molecule has 8 nitrogen and oxygen atoms in total. The first-order chi connectivity index (χ1) is 13.1. The predicted octanol–water partition coefficient (Wildman–Crippen LogP) is 1.41. The van der Waals surface area contributed by atoms with Gasteiger partial charge >= 0.3 is 0 Å². The highest BCUT2D eigenvalue weighted by atomic mass is 16.3. The zero-order valence-electron chi connectivity index (χ0n) is 14.7. The number of aromatic amines is 1. The van der Waals surface area contributed by atoms with Crippen LogP contribution in [0.4, 0.5) is 0 Å². The molecule has 1 saturated heterocycles. The van der Waals surface area contributed by atoms with Crippen LogP contribution < -0.4 is 16.4 Å². The average Bonchev–Trinajstić information content (AvgIpc) is 3.41. The lowest BCUT2D eigenvalue weighted by Gasteiger charge is -2.14. The minimum absolute atomic E-state index is 0.0321. The van der Waals surface area contributed by atoms with Crippen LogP contribution in [0.1, 0.15) is 40.8 Å². The van der Waals surface area contributed by atoms with E-state index >= 15 is 0 Å². The molecule has 140 valence electrons. The lowest BCUT2D eigenvalue weighted by molar-refractivity contribution is -0.119. The van der Waals surface area contributed by atoms with Crippen LogP contribution in [0.5, 0.6) is 0 Å². The average molecular weight is 367 g/mol. The van der Waals surface area contributed by atoms with E-state index < -0.39 is 17.9 Å². The van der Waals surface area contributed by atoms with Gasteiger partial charge in [0.1, 0.15) is 12.3 Å². The number of rotatable bonds is 6. The largest absolute Gasteiger partial charge is 0.446 e. The Morgan fingerprint density at radius 3 is 3.00 bits per heavy atom. The Balaban J connectivity index is 1.48. The molecule has 1 aliphatic rings. The van der Waals surface area contributed by atoms with Gasteiger partial charge in [-0.05, 0) is 31.0 Å². The standard InChI is InChI=1S/C19H21N5O3/c20-17(25)15(8-11-9-22-13-5-2-1-4-12(11)13)23-18(26)16-10-27-19(24-16)14-6-3-7-21-14/h1-2,4-5,9-10,14-15,21-22H,3,6-8H2,(H2,20,25)(H,23,26). The van der Waals surface area contributed by atoms with E-state index in [9.17, 15) is 9.59 Å². The van der Waals surface area contributed by atoms with Crippen molar-refractivity contribution in [3.63, 3.8) is 0 Å². The molecular formula is C19H21N5O3. The van der Waals surface area contributed by atoms with Crippen molar-refractivity contribution in [1.82, 2.24) is 20.6 Å². The number of oxazole rings is 1. The summed E-state index contributed by atoms with van der Waals surface area (Å²) in [7, 11) is 0. The maximum Gasteiger partial charge on any atom is 0.273 e. The summed E-state index contributed by atoms with van der Waals surface area (Å²) >= 11 is 0. The predicted molar refractivity (Wildman–Crippen MR) is 98.9 cm³/mol. The molecule has 2 unspecified atom stereocenters. The number of fused-ring (bicyclic) bond motifs is 1. The number of hydrogen-bond donors (Lipinski definition) is 4. The first kappa shape index (κ1) is 17.3. The van der Waals surface area contributed by atoms with Gasteiger partial charge in [-0.25, -0.2) is 4.98 Å². The molecule has 1 aromatic carbocycles. The first-order valence-electron chi connectivity index (χ1n) is 8.96. The minimum Gasteiger partial charge on any atom is -0.446 e. The topological polar surface area (TPSA) is 126 Å². The van der Waals surface area contributed by atoms with Crippen molar-refractivity contribution < 1.29 is 14.0 Å². The molecule has 2 aromatic heterocycles. The van der Waals surface area contributed by atoms with E-state index in [-0.39, 0.29) is 11.7 Å². The SMILES string of the molecule is NC(=O)C(Cc1c[nH]c2ccccc12)NC(=O)c1coc(C2CCCN2)n1. The summed E-state index contributed by atoms with van der Waals surface area (Å²) in [5.74, 6) is -0.591. The maximum absolute atomic E-state index is 12.5. The summed E-state index contributed by atoms with van der Waals surface area (Å²) in [6.45, 7) is 0.906. The number of H-pyrrole nitrogens is 1. The number of benzene rings is 1. The summed E-state index contributed by atoms with van der Waals surface area (Å²) in [5, 5.41) is 6.93. The Bertz CT molecular complexity index is 971. The Morgan fingerprint density at radius 2 is 2.22 bits per heavy atom. The van der Waals surface area contributed by atoms with Gasteiger partial charge in [-0.15, -0.1) is 0 Å². The van der Waals surface area contributed by atoms with E-state index in [1.165, 1.54) is 6.26 Å². The quantitative estimate of drug-likeness (QED) is 0.524. The van der Waals surface area contributed by atoms with Gasteiger partial charge in [0.05, 0.1) is 6.04 Å². The van der Waals surface area contributed by atoms with Gasteiger partial charge in [-0.2, -0.15) is 0 Å². The van der Waals surface area contributed by atoms with Crippen LogP contribution in [-0.4, -0.2) is 34.4 Å². The fourth-order valence-corrected chi connectivity index (χ4v) is 3.42. The van der Waals surface area contributed by atoms with Gasteiger partial charge in [0.25, 0.3) is 5.91 Å². The molecule has 2 amide bonds. The van der Waals surface area contributed by atoms with Crippen LogP contribution in [0.2, 0.25) is 0 Å². The summed E-state index contributed by atoms with van der Waals surface area (Å²) in [5.41, 5.74) is 7.53. The van der Waals surface area contributed by atoms with E-state index in [0.29, 0.717) is 12.3 Å². The minimum atomic E-state index is -0.846. The highest BCUT2D eigenvalue weighted by Gasteiger charge is 2.25. The number of nitrogens with one attached hydrogen (secondary N) is 3. The Hall–Kier alpha value is -3.13. The molecule has 4 rings (SSSR count). The number of nitrogens with zero attached hydrogens (tertiary/aromatic N) is 1. The van der Waals surface area contributed by atoms with Crippen molar-refractivity contribution in [1.29, 1.82) is 0 Å². The molecule has 0 bridgehead atoms. The molecule has 0 aliphatic carbocycles. The third-order valence-electron chi connectivity index (χ3n) is 4.86. The fraction of sp³-hybridized carbons (Fsp3) is 0.316. The van der Waals surface area contributed by atoms with Crippen molar-refractivity contribution in [2.45, 2.75) is 31.3 Å². The van der Waals surface area contributed by atoms with E-state index in [4.69, 9.17) is 10.2 Å². The van der Waals surface area contributed by atoms with Crippen LogP contribution in [0.3, 0.4) is 0 Å². The first-order valence-corrected chi connectivity index (χ1v) is 8.96. The van der Waals surface area contributed by atoms with Crippen LogP contribution in [-0.2, 0) is 11.2 Å². The lowest BCUT2D eigenvalue weighted by Crippen LogP contribution is -2.46. The fourth-order valence-electron chi connectivity index (χ4n) is 3.42. The summed E-state index contributed by atoms with van der Waals surface area (Å²) in [6, 6.07) is 6.94. The maximum atomic E-state index is 12.5. The van der Waals surface area contributed by atoms with Crippen molar-refractivity contribution in [2.24, 2.45) is 5.73 Å². The van der Waals surface area contributed by atoms with Gasteiger partial charge in [0, 0.05) is 23.5 Å². The van der Waals surface area contributed by atoms with Crippen LogP contribution in [0, 0.1) is 0 Å². The Kier molecular flexibility index (Phi) is 4.64. The molecule has 0 spiro atoms. The van der Waals surface area contributed by atoms with Crippen LogP contribution in [0.15, 0.2) is 41.1 Å². The van der Waals surface area contributed by atoms with Crippen molar-refractivity contribution in [2.75, 3.05) is 6.54 Å². The smallest absolute Gasteiger partial charge is 0.273 e. The second-order valence-electron chi connectivity index (χ2n) is 6.71. The summed E-state index contributed by atoms with van der Waals surface area (Å²) in [6.07, 6.45) is 5.40. The molecule has 3 aromatic rings. The molecule has 8 heteroatoms. The number of aromatic nitrogens is 2. The van der Waals surface area contributed by atoms with Crippen LogP contribution in [0.25, 0.3) is 10.9 Å².